The molecule has 0 aromatic heterocycles. The van der Waals surface area contributed by atoms with Crippen LogP contribution in [0.5, 0.6) is 0 Å². The summed E-state index contributed by atoms with van der Waals surface area (Å²) < 4.78 is 0. The van der Waals surface area contributed by atoms with Gasteiger partial charge in [-0.3, -0.25) is 0 Å². The third-order valence-electron chi connectivity index (χ3n) is 3.03. The molecule has 0 fully saturated rings. The average Bonchev–Trinajstić information content (AvgIpc) is 2.13. The normalized spacial score (nSPS) is 12.0. The Hall–Kier alpha value is 0.430. The van der Waals surface area contributed by atoms with Crippen LogP contribution in [0.4, 0.5) is 0 Å². The summed E-state index contributed by atoms with van der Waals surface area (Å²) in [5.41, 5.74) is 0. The van der Waals surface area contributed by atoms with Gasteiger partial charge in [0.25, 0.3) is 0 Å². The lowest BCUT2D eigenvalue weighted by Crippen LogP contribution is -2.08. The van der Waals surface area contributed by atoms with Crippen molar-refractivity contribution < 1.29 is 0 Å². The van der Waals surface area contributed by atoms with Gasteiger partial charge in [0.05, 0.1) is 24.6 Å². The van der Waals surface area contributed by atoms with E-state index in [0.717, 1.165) is 0 Å². The first-order valence-electron chi connectivity index (χ1n) is 5.59. The predicted molar refractivity (Wildman–Crippen MR) is 62.9 cm³/mol. The largest absolute Gasteiger partial charge is 0.0652 e. The number of unbranched alkanes of at least 4 members (excludes halogenated alkanes) is 1. The van der Waals surface area contributed by atoms with E-state index in [4.69, 9.17) is 0 Å². The van der Waals surface area contributed by atoms with Crippen LogP contribution >= 0.6 is 7.26 Å². The molecule has 0 aliphatic carbocycles. The van der Waals surface area contributed by atoms with Gasteiger partial charge in [0.15, 0.2) is 0 Å². The Labute approximate surface area is 79.5 Å². The van der Waals surface area contributed by atoms with Crippen LogP contribution in [0.2, 0.25) is 0 Å². The van der Waals surface area contributed by atoms with Crippen molar-refractivity contribution in [3.8, 4) is 0 Å². The molecule has 0 N–H and O–H groups in total. The van der Waals surface area contributed by atoms with Crippen molar-refractivity contribution in [1.82, 2.24) is 0 Å². The minimum atomic E-state index is -0.474. The van der Waals surface area contributed by atoms with Gasteiger partial charge in [-0.1, -0.05) is 20.3 Å². The van der Waals surface area contributed by atoms with Gasteiger partial charge in [0.1, 0.15) is 0 Å². The van der Waals surface area contributed by atoms with E-state index in [1.807, 2.05) is 0 Å². The molecule has 0 unspecified atom stereocenters. The first kappa shape index (κ1) is 12.4. The maximum absolute atomic E-state index is 2.41. The van der Waals surface area contributed by atoms with E-state index in [9.17, 15) is 0 Å². The average molecular weight is 189 g/mol. The van der Waals surface area contributed by atoms with Crippen LogP contribution in [0.15, 0.2) is 0 Å². The molecular weight excluding hydrogens is 163 g/mol. The molecule has 0 amide bonds. The smallest absolute Gasteiger partial charge is 0.0594 e. The lowest BCUT2D eigenvalue weighted by atomic mass is 10.4. The second-order valence-corrected chi connectivity index (χ2v) is 8.62. The molecule has 12 heavy (non-hydrogen) atoms. The zero-order valence-electron chi connectivity index (χ0n) is 9.40. The van der Waals surface area contributed by atoms with Crippen LogP contribution in [0.25, 0.3) is 0 Å². The van der Waals surface area contributed by atoms with Gasteiger partial charge in [-0.2, -0.15) is 0 Å². The second kappa shape index (κ2) is 6.89. The maximum Gasteiger partial charge on any atom is 0.0594 e. The molecule has 1 heteroatoms. The van der Waals surface area contributed by atoms with Crippen LogP contribution in [-0.2, 0) is 0 Å². The Bertz CT molecular complexity index is 95.2. The van der Waals surface area contributed by atoms with Crippen molar-refractivity contribution in [3.63, 3.8) is 0 Å². The zero-order valence-corrected chi connectivity index (χ0v) is 10.3. The molecular formula is C11H26P+. The van der Waals surface area contributed by atoms with Crippen LogP contribution in [0, 0.1) is 0 Å². The summed E-state index contributed by atoms with van der Waals surface area (Å²) in [5.74, 6) is 0. The van der Waals surface area contributed by atoms with Crippen molar-refractivity contribution in [2.24, 2.45) is 0 Å². The summed E-state index contributed by atoms with van der Waals surface area (Å²) in [7, 11) is -0.474. The predicted octanol–water partition coefficient (Wildman–Crippen LogP) is 4.25. The minimum Gasteiger partial charge on any atom is -0.0652 e. The fourth-order valence-corrected chi connectivity index (χ4v) is 5.81. The highest BCUT2D eigenvalue weighted by Gasteiger charge is 2.30. The van der Waals surface area contributed by atoms with E-state index in [-0.39, 0.29) is 0 Å². The molecule has 0 saturated heterocycles. The van der Waals surface area contributed by atoms with Crippen LogP contribution in [0.3, 0.4) is 0 Å². The Balaban J connectivity index is 3.95. The standard InChI is InChI=1S/C11H26P/c1-5-9-11-12(7-3,8-4)10-6-2/h5-11H2,1-4H3/q+1. The van der Waals surface area contributed by atoms with E-state index >= 15 is 0 Å². The molecule has 0 radical (unpaired) electrons. The van der Waals surface area contributed by atoms with Crippen LogP contribution in [-0.4, -0.2) is 24.6 Å². The third kappa shape index (κ3) is 3.90. The monoisotopic (exact) mass is 189 g/mol. The molecule has 74 valence electrons. The topological polar surface area (TPSA) is 0 Å². The van der Waals surface area contributed by atoms with Gasteiger partial charge in [0, 0.05) is 7.26 Å². The fourth-order valence-electron chi connectivity index (χ4n) is 1.94. The summed E-state index contributed by atoms with van der Waals surface area (Å²) in [6.07, 6.45) is 10.3. The first-order valence-corrected chi connectivity index (χ1v) is 8.12. The Morgan fingerprint density at radius 1 is 0.750 bits per heavy atom. The van der Waals surface area contributed by atoms with E-state index in [1.54, 1.807) is 12.3 Å². The molecule has 0 atom stereocenters. The number of hydrogen-bond donors (Lipinski definition) is 0. The van der Waals surface area contributed by atoms with Gasteiger partial charge in [0.2, 0.25) is 0 Å². The Morgan fingerprint density at radius 2 is 1.33 bits per heavy atom. The quantitative estimate of drug-likeness (QED) is 0.525. The molecule has 0 aromatic rings. The summed E-state index contributed by atoms with van der Waals surface area (Å²) in [6.45, 7) is 9.46. The van der Waals surface area contributed by atoms with Gasteiger partial charge in [-0.25, -0.2) is 0 Å². The lowest BCUT2D eigenvalue weighted by Gasteiger charge is -2.24. The fraction of sp³-hybridized carbons (Fsp3) is 1.00. The van der Waals surface area contributed by atoms with Crippen molar-refractivity contribution in [3.05, 3.63) is 0 Å². The second-order valence-electron chi connectivity index (χ2n) is 3.77. The highest BCUT2D eigenvalue weighted by Crippen LogP contribution is 2.58. The highest BCUT2D eigenvalue weighted by molar-refractivity contribution is 7.75. The van der Waals surface area contributed by atoms with Gasteiger partial charge < -0.3 is 0 Å². The maximum atomic E-state index is 2.41. The summed E-state index contributed by atoms with van der Waals surface area (Å²) in [6, 6.07) is 0. The SMILES string of the molecule is CCCC[P+](CC)(CC)CCC. The third-order valence-corrected chi connectivity index (χ3v) is 8.37. The van der Waals surface area contributed by atoms with Crippen molar-refractivity contribution >= 4 is 7.26 Å². The van der Waals surface area contributed by atoms with Crippen molar-refractivity contribution in [2.75, 3.05) is 24.6 Å². The summed E-state index contributed by atoms with van der Waals surface area (Å²) in [4.78, 5) is 0. The lowest BCUT2D eigenvalue weighted by molar-refractivity contribution is 0.878. The van der Waals surface area contributed by atoms with E-state index in [0.29, 0.717) is 0 Å². The summed E-state index contributed by atoms with van der Waals surface area (Å²) >= 11 is 0. The van der Waals surface area contributed by atoms with Crippen molar-refractivity contribution in [2.45, 2.75) is 47.0 Å². The molecule has 0 bridgehead atoms. The van der Waals surface area contributed by atoms with Gasteiger partial charge >= 0.3 is 0 Å². The van der Waals surface area contributed by atoms with E-state index < -0.39 is 7.26 Å². The number of hydrogen-bond acceptors (Lipinski definition) is 0. The molecule has 0 saturated carbocycles. The number of rotatable bonds is 7. The first-order chi connectivity index (χ1) is 5.74. The molecule has 0 aliphatic heterocycles. The molecule has 0 nitrogen and oxygen atoms in total. The highest BCUT2D eigenvalue weighted by atomic mass is 31.2. The van der Waals surface area contributed by atoms with E-state index in [2.05, 4.69) is 27.7 Å². The summed E-state index contributed by atoms with van der Waals surface area (Å²) in [5, 5.41) is 0. The Kier molecular flexibility index (Phi) is 7.14. The van der Waals surface area contributed by atoms with Crippen LogP contribution < -0.4 is 0 Å². The Morgan fingerprint density at radius 3 is 1.67 bits per heavy atom. The minimum absolute atomic E-state index is 0.474. The van der Waals surface area contributed by atoms with Gasteiger partial charge in [-0.15, -0.1) is 0 Å². The van der Waals surface area contributed by atoms with Gasteiger partial charge in [-0.05, 0) is 26.7 Å². The molecule has 0 aromatic carbocycles. The molecule has 0 rings (SSSR count). The zero-order chi connectivity index (χ0) is 9.45. The van der Waals surface area contributed by atoms with Crippen molar-refractivity contribution in [1.29, 1.82) is 0 Å². The molecule has 0 heterocycles. The van der Waals surface area contributed by atoms with Crippen LogP contribution in [0.1, 0.15) is 47.0 Å². The molecule has 0 aliphatic rings. The van der Waals surface area contributed by atoms with E-state index in [1.165, 1.54) is 31.6 Å². The molecule has 0 spiro atoms.